The van der Waals surface area contributed by atoms with E-state index in [4.69, 9.17) is 5.41 Å². The van der Waals surface area contributed by atoms with E-state index in [0.717, 1.165) is 0 Å². The molecule has 0 saturated heterocycles. The minimum Gasteiger partial charge on any atom is -0.511 e. The molecule has 0 aliphatic heterocycles. The van der Waals surface area contributed by atoms with Crippen molar-refractivity contribution in [1.29, 1.82) is 5.41 Å². The Morgan fingerprint density at radius 2 is 2.00 bits per heavy atom. The average molecular weight is 251 g/mol. The van der Waals surface area contributed by atoms with Gasteiger partial charge in [-0.1, -0.05) is 11.8 Å². The number of hydrogen-bond donors (Lipinski definition) is 2. The minimum absolute atomic E-state index is 0.0598. The van der Waals surface area contributed by atoms with Gasteiger partial charge in [0.2, 0.25) is 0 Å². The smallest absolute Gasteiger partial charge is 0.187 e. The summed E-state index contributed by atoms with van der Waals surface area (Å²) in [6, 6.07) is 1.70. The zero-order valence-corrected chi connectivity index (χ0v) is 10.4. The van der Waals surface area contributed by atoms with Gasteiger partial charge < -0.3 is 10.5 Å². The molecule has 90 valence electrons. The van der Waals surface area contributed by atoms with E-state index >= 15 is 0 Å². The molecular formula is C11H13N3O2S. The van der Waals surface area contributed by atoms with E-state index in [0.29, 0.717) is 5.16 Å². The summed E-state index contributed by atoms with van der Waals surface area (Å²) < 4.78 is 0. The third-order valence-corrected chi connectivity index (χ3v) is 2.78. The van der Waals surface area contributed by atoms with Crippen LogP contribution in [0.3, 0.4) is 0 Å². The van der Waals surface area contributed by atoms with E-state index in [1.54, 1.807) is 18.5 Å². The molecule has 0 radical (unpaired) electrons. The number of carbonyl (C=O) groups excluding carboxylic acids is 1. The molecule has 0 amide bonds. The van der Waals surface area contributed by atoms with Crippen molar-refractivity contribution in [2.75, 3.05) is 5.75 Å². The van der Waals surface area contributed by atoms with Gasteiger partial charge in [0, 0.05) is 18.1 Å². The number of nitrogens with zero attached hydrogens (tertiary/aromatic N) is 2. The minimum atomic E-state index is -0.315. The number of carbonyl (C=O) groups is 1. The van der Waals surface area contributed by atoms with Crippen LogP contribution in [0, 0.1) is 5.41 Å². The molecule has 1 aromatic rings. The van der Waals surface area contributed by atoms with E-state index < -0.39 is 0 Å². The zero-order valence-electron chi connectivity index (χ0n) is 9.60. The van der Waals surface area contributed by atoms with Gasteiger partial charge in [-0.2, -0.15) is 0 Å². The van der Waals surface area contributed by atoms with Crippen LogP contribution in [0.5, 0.6) is 0 Å². The first-order valence-electron chi connectivity index (χ1n) is 4.90. The third kappa shape index (κ3) is 3.99. The molecule has 6 heteroatoms. The van der Waals surface area contributed by atoms with E-state index in [1.165, 1.54) is 25.6 Å². The average Bonchev–Trinajstić information content (AvgIpc) is 2.27. The Morgan fingerprint density at radius 1 is 1.41 bits per heavy atom. The fourth-order valence-corrected chi connectivity index (χ4v) is 1.93. The lowest BCUT2D eigenvalue weighted by molar-refractivity contribution is -0.113. The second-order valence-electron chi connectivity index (χ2n) is 3.32. The maximum Gasteiger partial charge on any atom is 0.187 e. The van der Waals surface area contributed by atoms with Gasteiger partial charge in [-0.15, -0.1) is 0 Å². The van der Waals surface area contributed by atoms with Crippen LogP contribution in [0.1, 0.15) is 13.8 Å². The Morgan fingerprint density at radius 3 is 2.47 bits per heavy atom. The molecule has 2 N–H and O–H groups in total. The van der Waals surface area contributed by atoms with Crippen LogP contribution in [0.2, 0.25) is 0 Å². The van der Waals surface area contributed by atoms with Crippen molar-refractivity contribution in [3.8, 4) is 0 Å². The first-order valence-corrected chi connectivity index (χ1v) is 5.89. The highest BCUT2D eigenvalue weighted by Gasteiger charge is 2.13. The molecule has 0 spiro atoms. The van der Waals surface area contributed by atoms with Crippen molar-refractivity contribution in [3.05, 3.63) is 29.8 Å². The molecule has 0 aromatic carbocycles. The van der Waals surface area contributed by atoms with E-state index in [9.17, 15) is 9.90 Å². The van der Waals surface area contributed by atoms with Crippen molar-refractivity contribution in [1.82, 2.24) is 9.97 Å². The largest absolute Gasteiger partial charge is 0.511 e. The summed E-state index contributed by atoms with van der Waals surface area (Å²) in [5, 5.41) is 17.7. The lowest BCUT2D eigenvalue weighted by Gasteiger charge is -2.05. The molecule has 1 rings (SSSR count). The predicted octanol–water partition coefficient (Wildman–Crippen LogP) is 2.01. The van der Waals surface area contributed by atoms with Crippen LogP contribution in [-0.4, -0.2) is 32.3 Å². The van der Waals surface area contributed by atoms with Crippen LogP contribution in [-0.2, 0) is 4.79 Å². The van der Waals surface area contributed by atoms with Gasteiger partial charge in [-0.25, -0.2) is 9.97 Å². The Bertz CT molecular complexity index is 441. The SMILES string of the molecule is CC(=N)C(C(C)=O)=C(O)CSc1ncccn1. The number of aliphatic hydroxyl groups is 1. The summed E-state index contributed by atoms with van der Waals surface area (Å²) in [5.74, 6) is -0.248. The molecule has 5 nitrogen and oxygen atoms in total. The van der Waals surface area contributed by atoms with Crippen LogP contribution in [0.4, 0.5) is 0 Å². The van der Waals surface area contributed by atoms with E-state index in [-0.39, 0.29) is 28.6 Å². The summed E-state index contributed by atoms with van der Waals surface area (Å²) in [7, 11) is 0. The fraction of sp³-hybridized carbons (Fsp3) is 0.273. The van der Waals surface area contributed by atoms with Gasteiger partial charge in [0.25, 0.3) is 0 Å². The fourth-order valence-electron chi connectivity index (χ4n) is 1.25. The molecule has 0 atom stereocenters. The Kier molecular flexibility index (Phi) is 4.84. The maximum absolute atomic E-state index is 11.2. The lowest BCUT2D eigenvalue weighted by atomic mass is 10.1. The van der Waals surface area contributed by atoms with Gasteiger partial charge in [0.05, 0.1) is 11.3 Å². The highest BCUT2D eigenvalue weighted by molar-refractivity contribution is 7.99. The first-order chi connectivity index (χ1) is 8.02. The van der Waals surface area contributed by atoms with E-state index in [1.807, 2.05) is 0 Å². The molecule has 0 aliphatic rings. The summed E-state index contributed by atoms with van der Waals surface area (Å²) in [6.07, 6.45) is 3.20. The number of aliphatic hydroxyl groups excluding tert-OH is 1. The van der Waals surface area contributed by atoms with Gasteiger partial charge in [-0.3, -0.25) is 4.79 Å². The Labute approximate surface area is 103 Å². The molecular weight excluding hydrogens is 238 g/mol. The van der Waals surface area contributed by atoms with Gasteiger partial charge in [-0.05, 0) is 19.9 Å². The molecule has 0 aliphatic carbocycles. The monoisotopic (exact) mass is 251 g/mol. The highest BCUT2D eigenvalue weighted by atomic mass is 32.2. The molecule has 1 heterocycles. The molecule has 1 aromatic heterocycles. The van der Waals surface area contributed by atoms with Crippen LogP contribution in [0.15, 0.2) is 34.9 Å². The summed E-state index contributed by atoms with van der Waals surface area (Å²) in [6.45, 7) is 2.80. The molecule has 0 fully saturated rings. The number of rotatable bonds is 5. The molecule has 0 saturated carbocycles. The Balaban J connectivity index is 2.77. The highest BCUT2D eigenvalue weighted by Crippen LogP contribution is 2.17. The number of aromatic nitrogens is 2. The van der Waals surface area contributed by atoms with Crippen molar-refractivity contribution in [2.24, 2.45) is 0 Å². The summed E-state index contributed by atoms with van der Waals surface area (Å²) >= 11 is 1.21. The number of Topliss-reactive ketones (excluding diaryl/α,β-unsaturated/α-hetero) is 1. The van der Waals surface area contributed by atoms with Crippen molar-refractivity contribution >= 4 is 23.3 Å². The van der Waals surface area contributed by atoms with Crippen molar-refractivity contribution in [2.45, 2.75) is 19.0 Å². The number of hydrogen-bond acceptors (Lipinski definition) is 6. The number of thioether (sulfide) groups is 1. The number of nitrogens with one attached hydrogen (secondary N) is 1. The zero-order chi connectivity index (χ0) is 12.8. The second kappa shape index (κ2) is 6.15. The van der Waals surface area contributed by atoms with Gasteiger partial charge >= 0.3 is 0 Å². The second-order valence-corrected chi connectivity index (χ2v) is 4.27. The van der Waals surface area contributed by atoms with Crippen molar-refractivity contribution in [3.63, 3.8) is 0 Å². The predicted molar refractivity (Wildman–Crippen MR) is 66.5 cm³/mol. The molecule has 0 bridgehead atoms. The topological polar surface area (TPSA) is 86.9 Å². The van der Waals surface area contributed by atoms with Crippen LogP contribution < -0.4 is 0 Å². The van der Waals surface area contributed by atoms with Gasteiger partial charge in [0.1, 0.15) is 5.76 Å². The normalized spacial score (nSPS) is 11.9. The quantitative estimate of drug-likeness (QED) is 0.275. The molecule has 0 unspecified atom stereocenters. The molecule has 17 heavy (non-hydrogen) atoms. The summed E-state index contributed by atoms with van der Waals surface area (Å²) in [5.41, 5.74) is 0.123. The lowest BCUT2D eigenvalue weighted by Crippen LogP contribution is -2.10. The van der Waals surface area contributed by atoms with Crippen LogP contribution >= 0.6 is 11.8 Å². The van der Waals surface area contributed by atoms with Gasteiger partial charge in [0.15, 0.2) is 10.9 Å². The van der Waals surface area contributed by atoms with E-state index in [2.05, 4.69) is 9.97 Å². The van der Waals surface area contributed by atoms with Crippen LogP contribution in [0.25, 0.3) is 0 Å². The third-order valence-electron chi connectivity index (χ3n) is 1.90. The Hall–Kier alpha value is -1.69. The maximum atomic E-state index is 11.2. The summed E-state index contributed by atoms with van der Waals surface area (Å²) in [4.78, 5) is 19.2. The standard InChI is InChI=1S/C11H13N3O2S/c1-7(12)10(8(2)15)9(16)6-17-11-13-4-3-5-14-11/h3-5,12,16H,6H2,1-2H3. The van der Waals surface area contributed by atoms with Crippen molar-refractivity contribution < 1.29 is 9.90 Å². The first kappa shape index (κ1) is 13.4. The number of allylic oxidation sites excluding steroid dienone is 1. The number of ketones is 1.